The minimum absolute atomic E-state index is 0.0977. The fraction of sp³-hybridized carbons (Fsp3) is 0.250. The van der Waals surface area contributed by atoms with Gasteiger partial charge in [0.1, 0.15) is 0 Å². The van der Waals surface area contributed by atoms with Gasteiger partial charge in [-0.15, -0.1) is 5.73 Å². The number of rotatable bonds is 4. The van der Waals surface area contributed by atoms with Crippen LogP contribution in [0.1, 0.15) is 24.8 Å². The zero-order valence-electron chi connectivity index (χ0n) is 19.1. The molecule has 6 nitrogen and oxygen atoms in total. The van der Waals surface area contributed by atoms with Crippen molar-refractivity contribution in [2.45, 2.75) is 25.8 Å². The molecule has 6 rings (SSSR count). The van der Waals surface area contributed by atoms with Crippen LogP contribution in [0, 0.1) is 0 Å². The van der Waals surface area contributed by atoms with Crippen molar-refractivity contribution in [3.8, 4) is 11.3 Å². The zero-order valence-corrected chi connectivity index (χ0v) is 19.1. The summed E-state index contributed by atoms with van der Waals surface area (Å²) < 4.78 is 0. The Hall–Kier alpha value is -3.86. The molecule has 2 N–H and O–H groups in total. The van der Waals surface area contributed by atoms with E-state index in [2.05, 4.69) is 55.9 Å². The topological polar surface area (TPSA) is 67.5 Å². The van der Waals surface area contributed by atoms with E-state index in [1.54, 1.807) is 6.34 Å². The Labute approximate surface area is 197 Å². The van der Waals surface area contributed by atoms with E-state index >= 15 is 0 Å². The third kappa shape index (κ3) is 4.10. The maximum absolute atomic E-state index is 12.9. The first-order valence-corrected chi connectivity index (χ1v) is 11.9. The van der Waals surface area contributed by atoms with E-state index in [1.165, 1.54) is 37.9 Å². The molecule has 4 aromatic rings. The zero-order chi connectivity index (χ0) is 22.9. The van der Waals surface area contributed by atoms with Gasteiger partial charge in [-0.25, -0.2) is 0 Å². The Bertz CT molecular complexity index is 1510. The van der Waals surface area contributed by atoms with Crippen molar-refractivity contribution in [2.24, 2.45) is 4.99 Å². The molecule has 0 amide bonds. The number of benzene rings is 2. The molecule has 6 heteroatoms. The standard InChI is InChI=1S/C28H27N5O/c34-28-24(16-22-15-23(7-9-26(22)31-28)33-13-5-2-10-29-19-33)27-17-21-14-20(6-8-25(21)30-27)18-32-11-3-1-4-12-32/h2,6-9,13-17,19,30H,1,3-4,10-12,18H2,(H,31,34). The van der Waals surface area contributed by atoms with E-state index in [0.717, 1.165) is 39.7 Å². The number of hydrogen-bond donors (Lipinski definition) is 2. The molecule has 34 heavy (non-hydrogen) atoms. The number of aromatic nitrogens is 2. The smallest absolute Gasteiger partial charge is 0.257 e. The second kappa shape index (κ2) is 8.82. The van der Waals surface area contributed by atoms with Crippen LogP contribution in [0.15, 0.2) is 76.3 Å². The number of nitrogens with one attached hydrogen (secondary N) is 2. The van der Waals surface area contributed by atoms with Crippen molar-refractivity contribution in [3.05, 3.63) is 82.5 Å². The Balaban J connectivity index is 1.35. The minimum atomic E-state index is -0.0977. The second-order valence-corrected chi connectivity index (χ2v) is 9.11. The summed E-state index contributed by atoms with van der Waals surface area (Å²) >= 11 is 0. The van der Waals surface area contributed by atoms with E-state index in [-0.39, 0.29) is 5.56 Å². The number of H-pyrrole nitrogens is 2. The SMILES string of the molecule is O=c1[nH]c2ccc(N3C=C=CCN=C3)cc2cc1-c1cc2cc(CN3CCCCC3)ccc2[nH]1. The highest BCUT2D eigenvalue weighted by molar-refractivity contribution is 5.92. The molecule has 0 bridgehead atoms. The predicted octanol–water partition coefficient (Wildman–Crippen LogP) is 5.18. The first-order valence-electron chi connectivity index (χ1n) is 11.9. The molecule has 2 aliphatic rings. The van der Waals surface area contributed by atoms with Crippen molar-refractivity contribution in [1.29, 1.82) is 0 Å². The maximum Gasteiger partial charge on any atom is 0.257 e. The summed E-state index contributed by atoms with van der Waals surface area (Å²) in [4.78, 5) is 28.2. The summed E-state index contributed by atoms with van der Waals surface area (Å²) in [5.41, 5.74) is 8.63. The third-order valence-electron chi connectivity index (χ3n) is 6.69. The number of likely N-dealkylation sites (tertiary alicyclic amines) is 1. The minimum Gasteiger partial charge on any atom is -0.354 e. The van der Waals surface area contributed by atoms with E-state index in [0.29, 0.717) is 12.1 Å². The molecule has 1 fully saturated rings. The number of pyridine rings is 1. The molecular formula is C28H27N5O. The largest absolute Gasteiger partial charge is 0.354 e. The van der Waals surface area contributed by atoms with Gasteiger partial charge in [0.15, 0.2) is 0 Å². The molecular weight excluding hydrogens is 422 g/mol. The molecule has 4 heterocycles. The average molecular weight is 450 g/mol. The fourth-order valence-corrected chi connectivity index (χ4v) is 4.90. The van der Waals surface area contributed by atoms with Crippen LogP contribution in [-0.4, -0.2) is 40.8 Å². The molecule has 2 aromatic heterocycles. The van der Waals surface area contributed by atoms with Gasteiger partial charge in [0.2, 0.25) is 0 Å². The quantitative estimate of drug-likeness (QED) is 0.422. The van der Waals surface area contributed by atoms with Crippen LogP contribution >= 0.6 is 0 Å². The number of piperidine rings is 1. The van der Waals surface area contributed by atoms with E-state index in [1.807, 2.05) is 35.4 Å². The summed E-state index contributed by atoms with van der Waals surface area (Å²) in [6.07, 6.45) is 9.48. The average Bonchev–Trinajstić information content (AvgIpc) is 3.08. The van der Waals surface area contributed by atoms with E-state index < -0.39 is 0 Å². The normalized spacial score (nSPS) is 16.5. The molecule has 0 radical (unpaired) electrons. The summed E-state index contributed by atoms with van der Waals surface area (Å²) in [7, 11) is 0. The van der Waals surface area contributed by atoms with Gasteiger partial charge in [-0.2, -0.15) is 0 Å². The molecule has 2 aromatic carbocycles. The summed E-state index contributed by atoms with van der Waals surface area (Å²) in [5.74, 6) is 0. The van der Waals surface area contributed by atoms with Crippen molar-refractivity contribution in [3.63, 3.8) is 0 Å². The van der Waals surface area contributed by atoms with E-state index in [4.69, 9.17) is 0 Å². The van der Waals surface area contributed by atoms with Crippen LogP contribution in [-0.2, 0) is 6.54 Å². The van der Waals surface area contributed by atoms with Crippen LogP contribution in [0.2, 0.25) is 0 Å². The lowest BCUT2D eigenvalue weighted by molar-refractivity contribution is 0.221. The summed E-state index contributed by atoms with van der Waals surface area (Å²) in [5, 5.41) is 2.10. The molecule has 0 atom stereocenters. The molecule has 0 saturated carbocycles. The molecule has 170 valence electrons. The van der Waals surface area contributed by atoms with Gasteiger partial charge in [-0.1, -0.05) is 12.5 Å². The van der Waals surface area contributed by atoms with Crippen molar-refractivity contribution >= 4 is 33.8 Å². The predicted molar refractivity (Wildman–Crippen MR) is 139 cm³/mol. The second-order valence-electron chi connectivity index (χ2n) is 9.11. The van der Waals surface area contributed by atoms with Gasteiger partial charge in [0.25, 0.3) is 5.56 Å². The molecule has 2 aliphatic heterocycles. The van der Waals surface area contributed by atoms with Gasteiger partial charge < -0.3 is 14.9 Å². The van der Waals surface area contributed by atoms with Crippen LogP contribution in [0.5, 0.6) is 0 Å². The fourth-order valence-electron chi connectivity index (χ4n) is 4.90. The highest BCUT2D eigenvalue weighted by Gasteiger charge is 2.13. The first kappa shape index (κ1) is 20.7. The number of aromatic amines is 2. The molecule has 0 aliphatic carbocycles. The Morgan fingerprint density at radius 2 is 1.74 bits per heavy atom. The number of anilines is 1. The van der Waals surface area contributed by atoms with Gasteiger partial charge in [-0.05, 0) is 80.0 Å². The highest BCUT2D eigenvalue weighted by atomic mass is 16.1. The van der Waals surface area contributed by atoms with Gasteiger partial charge in [0.05, 0.1) is 30.3 Å². The number of hydrogen-bond acceptors (Lipinski definition) is 4. The van der Waals surface area contributed by atoms with E-state index in [9.17, 15) is 4.79 Å². The summed E-state index contributed by atoms with van der Waals surface area (Å²) in [6, 6.07) is 16.6. The monoisotopic (exact) mass is 449 g/mol. The van der Waals surface area contributed by atoms with Crippen molar-refractivity contribution < 1.29 is 0 Å². The Morgan fingerprint density at radius 1 is 0.912 bits per heavy atom. The van der Waals surface area contributed by atoms with Crippen molar-refractivity contribution in [2.75, 3.05) is 24.5 Å². The van der Waals surface area contributed by atoms with Crippen LogP contribution in [0.3, 0.4) is 0 Å². The lowest BCUT2D eigenvalue weighted by Gasteiger charge is -2.26. The van der Waals surface area contributed by atoms with Crippen molar-refractivity contribution in [1.82, 2.24) is 14.9 Å². The van der Waals surface area contributed by atoms with Crippen LogP contribution < -0.4 is 10.5 Å². The van der Waals surface area contributed by atoms with Gasteiger partial charge in [0, 0.05) is 34.0 Å². The number of nitrogens with zero attached hydrogens (tertiary/aromatic N) is 3. The maximum atomic E-state index is 12.9. The van der Waals surface area contributed by atoms with Crippen LogP contribution in [0.4, 0.5) is 5.69 Å². The lowest BCUT2D eigenvalue weighted by atomic mass is 10.1. The Kier molecular flexibility index (Phi) is 5.38. The third-order valence-corrected chi connectivity index (χ3v) is 6.69. The molecule has 0 unspecified atom stereocenters. The highest BCUT2D eigenvalue weighted by Crippen LogP contribution is 2.27. The Morgan fingerprint density at radius 3 is 2.65 bits per heavy atom. The van der Waals surface area contributed by atoms with Gasteiger partial charge in [-0.3, -0.25) is 14.7 Å². The van der Waals surface area contributed by atoms with Gasteiger partial charge >= 0.3 is 0 Å². The summed E-state index contributed by atoms with van der Waals surface area (Å²) in [6.45, 7) is 3.97. The number of fused-ring (bicyclic) bond motifs is 2. The van der Waals surface area contributed by atoms with Crippen LogP contribution in [0.25, 0.3) is 33.1 Å². The first-order chi connectivity index (χ1) is 16.7. The number of aliphatic imine (C=N–C) groups is 1. The molecule has 0 spiro atoms. The molecule has 1 saturated heterocycles. The lowest BCUT2D eigenvalue weighted by Crippen LogP contribution is -2.28.